The first-order valence-electron chi connectivity index (χ1n) is 3.61. The van der Waals surface area contributed by atoms with Gasteiger partial charge < -0.3 is 5.11 Å². The van der Waals surface area contributed by atoms with Gasteiger partial charge >= 0.3 is 5.97 Å². The highest BCUT2D eigenvalue weighted by Crippen LogP contribution is 1.98. The zero-order valence-electron chi connectivity index (χ0n) is 6.86. The minimum absolute atomic E-state index is 0.0211. The zero-order chi connectivity index (χ0) is 9.61. The summed E-state index contributed by atoms with van der Waals surface area (Å²) in [6.45, 7) is 1.87. The fraction of sp³-hybridized carbons (Fsp3) is 0.571. The second-order valence-corrected chi connectivity index (χ2v) is 4.37. The average molecular weight is 192 g/mol. The molecule has 0 saturated heterocycles. The highest BCUT2D eigenvalue weighted by atomic mass is 32.2. The molecule has 12 heavy (non-hydrogen) atoms. The average Bonchev–Trinajstić information content (AvgIpc) is 1.98. The molecule has 0 radical (unpaired) electrons. The van der Waals surface area contributed by atoms with Gasteiger partial charge in [-0.05, 0) is 6.42 Å². The predicted molar refractivity (Wildman–Crippen MR) is 45.5 cm³/mol. The molecule has 4 nitrogen and oxygen atoms in total. The van der Waals surface area contributed by atoms with Crippen LogP contribution in [0.15, 0.2) is 11.5 Å². The maximum absolute atomic E-state index is 10.9. The topological polar surface area (TPSA) is 71.4 Å². The summed E-state index contributed by atoms with van der Waals surface area (Å²) in [5, 5.41) is 8.89. The van der Waals surface area contributed by atoms with Crippen molar-refractivity contribution in [3.8, 4) is 0 Å². The number of carbonyl (C=O) groups is 1. The number of carboxylic acids is 1. The van der Waals surface area contributed by atoms with Crippen LogP contribution in [0.25, 0.3) is 0 Å². The summed E-state index contributed by atoms with van der Waals surface area (Å²) < 4.78 is 21.9. The van der Waals surface area contributed by atoms with Gasteiger partial charge in [-0.25, -0.2) is 13.2 Å². The van der Waals surface area contributed by atoms with Gasteiger partial charge in [-0.1, -0.05) is 13.3 Å². The maximum Gasteiger partial charge on any atom is 0.329 e. The molecule has 0 aliphatic rings. The Morgan fingerprint density at radius 3 is 2.50 bits per heavy atom. The molecule has 0 spiro atoms. The predicted octanol–water partition coefficient (Wildman–Crippen LogP) is 0.800. The van der Waals surface area contributed by atoms with Gasteiger partial charge in [0.05, 0.1) is 5.75 Å². The summed E-state index contributed by atoms with van der Waals surface area (Å²) in [5.74, 6) is -1.22. The second-order valence-electron chi connectivity index (χ2n) is 2.36. The Bertz CT molecular complexity index is 263. The summed E-state index contributed by atoms with van der Waals surface area (Å²) >= 11 is 0. The molecule has 5 heteroatoms. The lowest BCUT2D eigenvalue weighted by molar-refractivity contribution is -0.131. The van der Waals surface area contributed by atoms with Crippen molar-refractivity contribution in [2.24, 2.45) is 0 Å². The third kappa shape index (κ3) is 5.91. The Morgan fingerprint density at radius 2 is 2.08 bits per heavy atom. The summed E-state index contributed by atoms with van der Waals surface area (Å²) in [6, 6.07) is 0. The van der Waals surface area contributed by atoms with E-state index in [0.29, 0.717) is 12.5 Å². The standard InChI is InChI=1S/C7H12O4S/c1-2-3-5-12(10,11)6-4-7(8)9/h4,6H,2-3,5H2,1H3,(H,8,9)/b6-4+. The van der Waals surface area contributed by atoms with Crippen molar-refractivity contribution in [1.82, 2.24) is 0 Å². The number of sulfone groups is 1. The quantitative estimate of drug-likeness (QED) is 0.654. The largest absolute Gasteiger partial charge is 0.478 e. The van der Waals surface area contributed by atoms with E-state index < -0.39 is 15.8 Å². The molecular formula is C7H12O4S. The Hall–Kier alpha value is -0.840. The molecular weight excluding hydrogens is 180 g/mol. The lowest BCUT2D eigenvalue weighted by Gasteiger charge is -1.94. The van der Waals surface area contributed by atoms with E-state index in [9.17, 15) is 13.2 Å². The van der Waals surface area contributed by atoms with E-state index in [4.69, 9.17) is 5.11 Å². The highest BCUT2D eigenvalue weighted by Gasteiger charge is 2.04. The van der Waals surface area contributed by atoms with Crippen molar-refractivity contribution < 1.29 is 18.3 Å². The van der Waals surface area contributed by atoms with Crippen molar-refractivity contribution >= 4 is 15.8 Å². The van der Waals surface area contributed by atoms with Crippen LogP contribution in [0.3, 0.4) is 0 Å². The third-order valence-corrected chi connectivity index (χ3v) is 2.61. The van der Waals surface area contributed by atoms with Gasteiger partial charge in [0, 0.05) is 11.5 Å². The summed E-state index contributed by atoms with van der Waals surface area (Å²) in [4.78, 5) is 9.97. The molecule has 0 aliphatic carbocycles. The van der Waals surface area contributed by atoms with Crippen LogP contribution in [0.2, 0.25) is 0 Å². The fourth-order valence-corrected chi connectivity index (χ4v) is 1.73. The van der Waals surface area contributed by atoms with E-state index in [-0.39, 0.29) is 5.75 Å². The van der Waals surface area contributed by atoms with Crippen LogP contribution < -0.4 is 0 Å². The number of hydrogen-bond acceptors (Lipinski definition) is 3. The second kappa shape index (κ2) is 4.92. The van der Waals surface area contributed by atoms with E-state index in [1.165, 1.54) is 0 Å². The number of hydrogen-bond donors (Lipinski definition) is 1. The Kier molecular flexibility index (Phi) is 4.58. The minimum atomic E-state index is -3.30. The summed E-state index contributed by atoms with van der Waals surface area (Å²) in [5.41, 5.74) is 0. The van der Waals surface area contributed by atoms with Crippen LogP contribution in [-0.4, -0.2) is 25.2 Å². The highest BCUT2D eigenvalue weighted by molar-refractivity contribution is 7.94. The Morgan fingerprint density at radius 1 is 1.50 bits per heavy atom. The molecule has 0 bridgehead atoms. The van der Waals surface area contributed by atoms with Crippen molar-refractivity contribution in [2.75, 3.05) is 5.75 Å². The molecule has 0 unspecified atom stereocenters. The van der Waals surface area contributed by atoms with Gasteiger partial charge in [-0.3, -0.25) is 0 Å². The van der Waals surface area contributed by atoms with Gasteiger partial charge in [-0.2, -0.15) is 0 Å². The van der Waals surface area contributed by atoms with Gasteiger partial charge in [0.25, 0.3) is 0 Å². The fourth-order valence-electron chi connectivity index (χ4n) is 0.575. The monoisotopic (exact) mass is 192 g/mol. The zero-order valence-corrected chi connectivity index (χ0v) is 7.67. The maximum atomic E-state index is 10.9. The minimum Gasteiger partial charge on any atom is -0.478 e. The number of unbranched alkanes of at least 4 members (excludes halogenated alkanes) is 1. The SMILES string of the molecule is CCCCS(=O)(=O)/C=C/C(=O)O. The van der Waals surface area contributed by atoms with E-state index in [0.717, 1.165) is 11.8 Å². The van der Waals surface area contributed by atoms with Crippen LogP contribution in [0, 0.1) is 0 Å². The molecule has 0 aromatic heterocycles. The molecule has 1 N–H and O–H groups in total. The van der Waals surface area contributed by atoms with Crippen molar-refractivity contribution in [1.29, 1.82) is 0 Å². The van der Waals surface area contributed by atoms with Crippen molar-refractivity contribution in [2.45, 2.75) is 19.8 Å². The van der Waals surface area contributed by atoms with Gasteiger partial charge in [0.2, 0.25) is 0 Å². The van der Waals surface area contributed by atoms with Crippen LogP contribution in [0.5, 0.6) is 0 Å². The smallest absolute Gasteiger partial charge is 0.329 e. The molecule has 0 heterocycles. The van der Waals surface area contributed by atoms with E-state index in [2.05, 4.69) is 0 Å². The first-order valence-corrected chi connectivity index (χ1v) is 5.33. The lowest BCUT2D eigenvalue weighted by atomic mass is 10.4. The molecule has 0 amide bonds. The normalized spacial score (nSPS) is 12.1. The lowest BCUT2D eigenvalue weighted by Crippen LogP contribution is -2.02. The van der Waals surface area contributed by atoms with E-state index >= 15 is 0 Å². The summed E-state index contributed by atoms with van der Waals surface area (Å²) in [6.07, 6.45) is 1.98. The number of rotatable bonds is 5. The molecule has 0 atom stereocenters. The molecule has 0 aromatic rings. The third-order valence-electron chi connectivity index (χ3n) is 1.20. The molecule has 0 fully saturated rings. The van der Waals surface area contributed by atoms with Crippen molar-refractivity contribution in [3.63, 3.8) is 0 Å². The van der Waals surface area contributed by atoms with Crippen LogP contribution in [0.1, 0.15) is 19.8 Å². The van der Waals surface area contributed by atoms with Crippen molar-refractivity contribution in [3.05, 3.63) is 11.5 Å². The molecule has 0 rings (SSSR count). The van der Waals surface area contributed by atoms with Gasteiger partial charge in [0.15, 0.2) is 9.84 Å². The van der Waals surface area contributed by atoms with Crippen LogP contribution >= 0.6 is 0 Å². The van der Waals surface area contributed by atoms with Gasteiger partial charge in [0.1, 0.15) is 0 Å². The molecule has 70 valence electrons. The van der Waals surface area contributed by atoms with Gasteiger partial charge in [-0.15, -0.1) is 0 Å². The Balaban J connectivity index is 4.14. The first kappa shape index (κ1) is 11.2. The Labute approximate surface area is 71.8 Å². The first-order chi connectivity index (χ1) is 5.48. The molecule has 0 aliphatic heterocycles. The summed E-state index contributed by atoms with van der Waals surface area (Å²) in [7, 11) is -3.30. The van der Waals surface area contributed by atoms with Crippen LogP contribution in [-0.2, 0) is 14.6 Å². The number of aliphatic carboxylic acids is 1. The van der Waals surface area contributed by atoms with E-state index in [1.807, 2.05) is 6.92 Å². The molecule has 0 saturated carbocycles. The molecule has 0 aromatic carbocycles. The van der Waals surface area contributed by atoms with E-state index in [1.54, 1.807) is 0 Å². The number of carboxylic acid groups (broad SMARTS) is 1. The van der Waals surface area contributed by atoms with Crippen LogP contribution in [0.4, 0.5) is 0 Å².